The van der Waals surface area contributed by atoms with Gasteiger partial charge in [0.25, 0.3) is 5.91 Å². The van der Waals surface area contributed by atoms with Gasteiger partial charge < -0.3 is 14.4 Å². The first-order valence-corrected chi connectivity index (χ1v) is 11.6. The lowest BCUT2D eigenvalue weighted by Gasteiger charge is -2.42. The Kier molecular flexibility index (Phi) is 6.11. The zero-order valence-corrected chi connectivity index (χ0v) is 18.1. The van der Waals surface area contributed by atoms with Crippen LogP contribution >= 0.6 is 0 Å². The number of hydrogen-bond acceptors (Lipinski definition) is 6. The van der Waals surface area contributed by atoms with E-state index in [4.69, 9.17) is 9.47 Å². The molecule has 0 aliphatic carbocycles. The van der Waals surface area contributed by atoms with Crippen LogP contribution in [0.25, 0.3) is 0 Å². The fourth-order valence-corrected chi connectivity index (χ4v) is 5.36. The second-order valence-electron chi connectivity index (χ2n) is 7.54. The van der Waals surface area contributed by atoms with Crippen molar-refractivity contribution in [2.24, 2.45) is 0 Å². The minimum Gasteiger partial charge on any atom is -0.347 e. The number of aromatic nitrogens is 2. The van der Waals surface area contributed by atoms with Crippen LogP contribution in [0.2, 0.25) is 0 Å². The Balaban J connectivity index is 1.57. The number of nitrogens with zero attached hydrogens (tertiary/aromatic N) is 4. The van der Waals surface area contributed by atoms with Crippen molar-refractivity contribution in [3.8, 4) is 0 Å². The molecule has 168 valence electrons. The standard InChI is InChI=1S/C20H25FN4O5S/c1-2-24-13-16(12-22-24)19(26)23-8-5-10-29-20(14-23)15-25(9-11-30-20)31(27,28)18-7-4-3-6-17(18)21/h3-4,6-7,12-13H,2,5,8-11,14-15H2,1H3. The van der Waals surface area contributed by atoms with Crippen molar-refractivity contribution in [1.29, 1.82) is 0 Å². The first-order chi connectivity index (χ1) is 14.8. The molecule has 2 saturated heterocycles. The fraction of sp³-hybridized carbons (Fsp3) is 0.500. The van der Waals surface area contributed by atoms with Crippen LogP contribution in [0.5, 0.6) is 0 Å². The molecule has 2 fully saturated rings. The first kappa shape index (κ1) is 21.9. The molecule has 31 heavy (non-hydrogen) atoms. The van der Waals surface area contributed by atoms with Crippen molar-refractivity contribution >= 4 is 15.9 Å². The molecule has 1 amide bonds. The lowest BCUT2D eigenvalue weighted by Crippen LogP contribution is -2.59. The smallest absolute Gasteiger partial charge is 0.257 e. The van der Waals surface area contributed by atoms with Gasteiger partial charge in [0.05, 0.1) is 38.1 Å². The predicted molar refractivity (Wildman–Crippen MR) is 108 cm³/mol. The summed E-state index contributed by atoms with van der Waals surface area (Å²) in [4.78, 5) is 14.2. The van der Waals surface area contributed by atoms with Gasteiger partial charge in [0.2, 0.25) is 10.0 Å². The Labute approximate surface area is 180 Å². The van der Waals surface area contributed by atoms with Gasteiger partial charge in [-0.3, -0.25) is 9.48 Å². The Bertz CT molecular complexity index is 1060. The summed E-state index contributed by atoms with van der Waals surface area (Å²) in [6.45, 7) is 3.40. The van der Waals surface area contributed by atoms with Gasteiger partial charge in [0.15, 0.2) is 5.79 Å². The lowest BCUT2D eigenvalue weighted by molar-refractivity contribution is -0.255. The molecule has 0 N–H and O–H groups in total. The van der Waals surface area contributed by atoms with E-state index in [0.717, 1.165) is 10.4 Å². The summed E-state index contributed by atoms with van der Waals surface area (Å²) >= 11 is 0. The van der Waals surface area contributed by atoms with E-state index in [2.05, 4.69) is 5.10 Å². The number of hydrogen-bond donors (Lipinski definition) is 0. The Hall–Kier alpha value is -2.34. The van der Waals surface area contributed by atoms with Gasteiger partial charge in [-0.1, -0.05) is 12.1 Å². The summed E-state index contributed by atoms with van der Waals surface area (Å²) in [5.74, 6) is -2.35. The summed E-state index contributed by atoms with van der Waals surface area (Å²) < 4.78 is 55.0. The van der Waals surface area contributed by atoms with Crippen LogP contribution in [-0.4, -0.2) is 78.5 Å². The normalized spacial score (nSPS) is 23.1. The van der Waals surface area contributed by atoms with Gasteiger partial charge in [-0.2, -0.15) is 9.40 Å². The van der Waals surface area contributed by atoms with E-state index in [9.17, 15) is 17.6 Å². The van der Waals surface area contributed by atoms with E-state index >= 15 is 0 Å². The molecule has 2 aromatic rings. The molecule has 2 aliphatic rings. The summed E-state index contributed by atoms with van der Waals surface area (Å²) in [5.41, 5.74) is 0.450. The average molecular weight is 453 g/mol. The number of halogens is 1. The SMILES string of the molecule is CCn1cc(C(=O)N2CCCOC3(C2)CN(S(=O)(=O)c2ccccc2F)CCO3)cn1. The third-order valence-corrected chi connectivity index (χ3v) is 7.32. The van der Waals surface area contributed by atoms with Gasteiger partial charge in [-0.25, -0.2) is 12.8 Å². The second-order valence-corrected chi connectivity index (χ2v) is 9.45. The highest BCUT2D eigenvalue weighted by Gasteiger charge is 2.45. The molecule has 0 radical (unpaired) electrons. The van der Waals surface area contributed by atoms with Crippen LogP contribution < -0.4 is 0 Å². The van der Waals surface area contributed by atoms with Crippen LogP contribution in [0.4, 0.5) is 4.39 Å². The quantitative estimate of drug-likeness (QED) is 0.695. The molecule has 3 heterocycles. The zero-order chi connectivity index (χ0) is 22.1. The summed E-state index contributed by atoms with van der Waals surface area (Å²) in [7, 11) is -4.09. The van der Waals surface area contributed by atoms with E-state index in [1.165, 1.54) is 24.4 Å². The van der Waals surface area contributed by atoms with Crippen LogP contribution in [0.3, 0.4) is 0 Å². The summed E-state index contributed by atoms with van der Waals surface area (Å²) in [6, 6.07) is 5.27. The van der Waals surface area contributed by atoms with Crippen molar-refractivity contribution in [3.63, 3.8) is 0 Å². The molecule has 0 bridgehead atoms. The highest BCUT2D eigenvalue weighted by molar-refractivity contribution is 7.89. The Morgan fingerprint density at radius 3 is 2.71 bits per heavy atom. The van der Waals surface area contributed by atoms with Crippen LogP contribution in [0.15, 0.2) is 41.6 Å². The number of sulfonamides is 1. The average Bonchev–Trinajstić information content (AvgIpc) is 3.16. The number of rotatable bonds is 4. The number of benzene rings is 1. The van der Waals surface area contributed by atoms with E-state index in [-0.39, 0.29) is 37.0 Å². The topological polar surface area (TPSA) is 94.0 Å². The molecule has 1 unspecified atom stereocenters. The zero-order valence-electron chi connectivity index (χ0n) is 17.2. The minimum atomic E-state index is -4.09. The van der Waals surface area contributed by atoms with Gasteiger partial charge in [-0.05, 0) is 25.5 Å². The van der Waals surface area contributed by atoms with Crippen LogP contribution in [0, 0.1) is 5.82 Å². The van der Waals surface area contributed by atoms with Gasteiger partial charge in [-0.15, -0.1) is 0 Å². The van der Waals surface area contributed by atoms with Gasteiger partial charge in [0.1, 0.15) is 10.7 Å². The number of ether oxygens (including phenoxy) is 2. The monoisotopic (exact) mass is 452 g/mol. The molecule has 1 aromatic heterocycles. The van der Waals surface area contributed by atoms with Gasteiger partial charge >= 0.3 is 0 Å². The maximum Gasteiger partial charge on any atom is 0.257 e. The van der Waals surface area contributed by atoms with E-state index in [1.54, 1.807) is 15.8 Å². The maximum absolute atomic E-state index is 14.2. The molecule has 0 saturated carbocycles. The number of aryl methyl sites for hydroxylation is 1. The molecule has 1 aromatic carbocycles. The maximum atomic E-state index is 14.2. The molecule has 4 rings (SSSR count). The lowest BCUT2D eigenvalue weighted by atomic mass is 10.2. The number of morpholine rings is 1. The molecular weight excluding hydrogens is 427 g/mol. The Morgan fingerprint density at radius 2 is 1.97 bits per heavy atom. The van der Waals surface area contributed by atoms with E-state index < -0.39 is 21.6 Å². The van der Waals surface area contributed by atoms with Crippen LogP contribution in [-0.2, 0) is 26.0 Å². The van der Waals surface area contributed by atoms with Crippen molar-refractivity contribution in [2.45, 2.75) is 30.6 Å². The van der Waals surface area contributed by atoms with Gasteiger partial charge in [0, 0.05) is 25.8 Å². The molecule has 9 nitrogen and oxygen atoms in total. The summed E-state index contributed by atoms with van der Waals surface area (Å²) in [5, 5.41) is 4.15. The van der Waals surface area contributed by atoms with Crippen molar-refractivity contribution in [2.75, 3.05) is 39.4 Å². The second kappa shape index (κ2) is 8.65. The third-order valence-electron chi connectivity index (χ3n) is 5.44. The van der Waals surface area contributed by atoms with Crippen LogP contribution in [0.1, 0.15) is 23.7 Å². The molecule has 1 spiro atoms. The molecule has 1 atom stereocenters. The number of carbonyl (C=O) groups is 1. The van der Waals surface area contributed by atoms with Crippen molar-refractivity contribution < 1.29 is 27.1 Å². The first-order valence-electron chi connectivity index (χ1n) is 10.2. The number of carbonyl (C=O) groups excluding carboxylic acids is 1. The number of amides is 1. The third kappa shape index (κ3) is 4.36. The van der Waals surface area contributed by atoms with E-state index in [1.807, 2.05) is 6.92 Å². The van der Waals surface area contributed by atoms with E-state index in [0.29, 0.717) is 31.7 Å². The van der Waals surface area contributed by atoms with Crippen molar-refractivity contribution in [3.05, 3.63) is 48.0 Å². The molecular formula is C20H25FN4O5S. The Morgan fingerprint density at radius 1 is 1.19 bits per heavy atom. The minimum absolute atomic E-state index is 0.0619. The highest BCUT2D eigenvalue weighted by atomic mass is 32.2. The predicted octanol–water partition coefficient (Wildman–Crippen LogP) is 1.32. The fourth-order valence-electron chi connectivity index (χ4n) is 3.84. The highest BCUT2D eigenvalue weighted by Crippen LogP contribution is 2.29. The molecule has 2 aliphatic heterocycles. The largest absolute Gasteiger partial charge is 0.347 e. The summed E-state index contributed by atoms with van der Waals surface area (Å²) in [6.07, 6.45) is 3.77. The van der Waals surface area contributed by atoms with Crippen molar-refractivity contribution in [1.82, 2.24) is 19.0 Å². The molecule has 11 heteroatoms.